The van der Waals surface area contributed by atoms with Crippen molar-refractivity contribution in [3.63, 3.8) is 0 Å². The molecule has 314 valence electrons. The van der Waals surface area contributed by atoms with Crippen molar-refractivity contribution < 1.29 is 0 Å². The van der Waals surface area contributed by atoms with Gasteiger partial charge >= 0.3 is 0 Å². The Kier molecular flexibility index (Phi) is 8.69. The largest absolute Gasteiger partial charge is 0.0622 e. The molecule has 0 unspecified atom stereocenters. The lowest BCUT2D eigenvalue weighted by molar-refractivity contribution is 1.57. The van der Waals surface area contributed by atoms with Gasteiger partial charge in [0.2, 0.25) is 0 Å². The predicted molar refractivity (Wildman–Crippen MR) is 293 cm³/mol. The SMILES string of the molecule is c1ccc(-c2cc(-c3ccccc3)cc(-c3ccc(-c4c5ccccc5c5c6c4cccc6c4cccc6c(-c7ccccc7-c7ccccc7)c7ccccc7c5c64)c4ccccc34)c2)cc1. The number of rotatable bonds is 6. The molecule has 0 N–H and O–H groups in total. The third kappa shape index (κ3) is 5.81. The topological polar surface area (TPSA) is 0 Å². The number of benzene rings is 14. The molecule has 68 heavy (non-hydrogen) atoms. The Morgan fingerprint density at radius 1 is 0.147 bits per heavy atom. The van der Waals surface area contributed by atoms with Crippen LogP contribution in [0.25, 0.3) is 142 Å². The van der Waals surface area contributed by atoms with Crippen LogP contribution in [0.1, 0.15) is 0 Å². The van der Waals surface area contributed by atoms with Crippen LogP contribution in [0.5, 0.6) is 0 Å². The van der Waals surface area contributed by atoms with Gasteiger partial charge in [-0.2, -0.15) is 0 Å². The van der Waals surface area contributed by atoms with Crippen LogP contribution in [0.4, 0.5) is 0 Å². The first-order valence-corrected chi connectivity index (χ1v) is 23.7. The Balaban J connectivity index is 1.07. The van der Waals surface area contributed by atoms with E-state index in [1.54, 1.807) is 0 Å². The maximum Gasteiger partial charge on any atom is -0.000740 e. The smallest absolute Gasteiger partial charge is 0.000740 e. The van der Waals surface area contributed by atoms with Gasteiger partial charge in [0, 0.05) is 0 Å². The number of fused-ring (bicyclic) bond motifs is 7. The standard InChI is InChI=1S/C68H42/c1-4-20-43(21-5-1)46-40-47(44-22-6-2-7-23-44)42-48(41-46)50-38-39-60(52-28-12-11-27-51(50)52)64-55-31-15-17-33-59(55)68-66-57(35-19-37-62(64)66)56-34-18-36-61-63(54-30-14-16-32-58(54)67(68)65(56)61)53-29-13-10-26-49(53)45-24-8-3-9-25-45/h1-42H. The fraction of sp³-hybridized carbons (Fsp3) is 0. The third-order valence-corrected chi connectivity index (χ3v) is 14.6. The van der Waals surface area contributed by atoms with Crippen molar-refractivity contribution in [1.29, 1.82) is 0 Å². The quantitative estimate of drug-likeness (QED) is 0.115. The molecule has 14 rings (SSSR count). The predicted octanol–water partition coefficient (Wildman–Crippen LogP) is 19.2. The zero-order valence-electron chi connectivity index (χ0n) is 37.2. The summed E-state index contributed by atoms with van der Waals surface area (Å²) in [6.45, 7) is 0. The first-order chi connectivity index (χ1) is 33.8. The minimum Gasteiger partial charge on any atom is -0.0622 e. The minimum atomic E-state index is 1.21. The van der Waals surface area contributed by atoms with Gasteiger partial charge in [-0.15, -0.1) is 0 Å². The summed E-state index contributed by atoms with van der Waals surface area (Å²) in [6.07, 6.45) is 0. The van der Waals surface area contributed by atoms with Crippen molar-refractivity contribution in [2.75, 3.05) is 0 Å². The van der Waals surface area contributed by atoms with E-state index in [4.69, 9.17) is 0 Å². The van der Waals surface area contributed by atoms with Gasteiger partial charge < -0.3 is 0 Å². The molecular weight excluding hydrogens is 817 g/mol. The summed E-state index contributed by atoms with van der Waals surface area (Å²) in [5.74, 6) is 0. The van der Waals surface area contributed by atoms with Crippen molar-refractivity contribution in [3.05, 3.63) is 255 Å². The van der Waals surface area contributed by atoms with Crippen LogP contribution in [0, 0.1) is 0 Å². The fourth-order valence-corrected chi connectivity index (χ4v) is 11.7. The lowest BCUT2D eigenvalue weighted by Gasteiger charge is -2.24. The van der Waals surface area contributed by atoms with Crippen molar-refractivity contribution in [2.24, 2.45) is 0 Å². The molecule has 0 aromatic heterocycles. The molecule has 0 aliphatic rings. The van der Waals surface area contributed by atoms with Crippen molar-refractivity contribution in [3.8, 4) is 66.8 Å². The lowest BCUT2D eigenvalue weighted by atomic mass is 9.79. The van der Waals surface area contributed by atoms with E-state index < -0.39 is 0 Å². The molecule has 0 nitrogen and oxygen atoms in total. The van der Waals surface area contributed by atoms with Crippen molar-refractivity contribution >= 4 is 75.4 Å². The van der Waals surface area contributed by atoms with Gasteiger partial charge in [-0.3, -0.25) is 0 Å². The molecule has 0 amide bonds. The van der Waals surface area contributed by atoms with Crippen LogP contribution in [-0.4, -0.2) is 0 Å². The Morgan fingerprint density at radius 3 is 1.01 bits per heavy atom. The van der Waals surface area contributed by atoms with Gasteiger partial charge in [-0.25, -0.2) is 0 Å². The van der Waals surface area contributed by atoms with Crippen LogP contribution >= 0.6 is 0 Å². The van der Waals surface area contributed by atoms with E-state index >= 15 is 0 Å². The van der Waals surface area contributed by atoms with Crippen LogP contribution in [0.15, 0.2) is 255 Å². The third-order valence-electron chi connectivity index (χ3n) is 14.6. The molecule has 0 saturated heterocycles. The molecule has 0 saturated carbocycles. The maximum atomic E-state index is 2.40. The van der Waals surface area contributed by atoms with E-state index in [1.165, 1.54) is 142 Å². The average molecular weight is 859 g/mol. The first-order valence-electron chi connectivity index (χ1n) is 23.7. The molecule has 0 radical (unpaired) electrons. The van der Waals surface area contributed by atoms with Crippen molar-refractivity contribution in [2.45, 2.75) is 0 Å². The monoisotopic (exact) mass is 858 g/mol. The zero-order chi connectivity index (χ0) is 44.7. The normalized spacial score (nSPS) is 11.8. The number of hydrogen-bond donors (Lipinski definition) is 0. The molecule has 0 fully saturated rings. The summed E-state index contributed by atoms with van der Waals surface area (Å²) in [5, 5.41) is 18.0. The minimum absolute atomic E-state index is 1.21. The van der Waals surface area contributed by atoms with E-state index in [-0.39, 0.29) is 0 Å². The van der Waals surface area contributed by atoms with Crippen molar-refractivity contribution in [1.82, 2.24) is 0 Å². The molecule has 14 aromatic carbocycles. The van der Waals surface area contributed by atoms with Gasteiger partial charge in [0.05, 0.1) is 0 Å². The fourth-order valence-electron chi connectivity index (χ4n) is 11.7. The summed E-state index contributed by atoms with van der Waals surface area (Å²) in [4.78, 5) is 0. The van der Waals surface area contributed by atoms with Crippen LogP contribution in [0.2, 0.25) is 0 Å². The van der Waals surface area contributed by atoms with E-state index in [9.17, 15) is 0 Å². The second-order valence-corrected chi connectivity index (χ2v) is 18.2. The average Bonchev–Trinajstić information content (AvgIpc) is 3.42. The highest BCUT2D eigenvalue weighted by Gasteiger charge is 2.25. The summed E-state index contributed by atoms with van der Waals surface area (Å²) >= 11 is 0. The molecule has 0 spiro atoms. The van der Waals surface area contributed by atoms with E-state index in [0.29, 0.717) is 0 Å². The lowest BCUT2D eigenvalue weighted by Crippen LogP contribution is -1.96. The molecular formula is C68H42. The summed E-state index contributed by atoms with van der Waals surface area (Å²) in [5.41, 5.74) is 14.8. The van der Waals surface area contributed by atoms with Gasteiger partial charge in [0.25, 0.3) is 0 Å². The van der Waals surface area contributed by atoms with E-state index in [2.05, 4.69) is 255 Å². The summed E-state index contributed by atoms with van der Waals surface area (Å²) in [7, 11) is 0. The van der Waals surface area contributed by atoms with Gasteiger partial charge in [-0.1, -0.05) is 237 Å². The highest BCUT2D eigenvalue weighted by atomic mass is 14.3. The van der Waals surface area contributed by atoms with Crippen LogP contribution < -0.4 is 0 Å². The molecule has 0 bridgehead atoms. The van der Waals surface area contributed by atoms with E-state index in [0.717, 1.165) is 0 Å². The summed E-state index contributed by atoms with van der Waals surface area (Å²) < 4.78 is 0. The maximum absolute atomic E-state index is 2.40. The Hall–Kier alpha value is -8.84. The summed E-state index contributed by atoms with van der Waals surface area (Å²) in [6, 6.07) is 94.6. The Morgan fingerprint density at radius 2 is 0.485 bits per heavy atom. The second kappa shape index (κ2) is 15.4. The molecule has 0 aliphatic carbocycles. The molecule has 0 heteroatoms. The Labute approximate surface area is 395 Å². The van der Waals surface area contributed by atoms with Gasteiger partial charge in [-0.05, 0) is 160 Å². The number of hydrogen-bond acceptors (Lipinski definition) is 0. The second-order valence-electron chi connectivity index (χ2n) is 18.2. The van der Waals surface area contributed by atoms with E-state index in [1.807, 2.05) is 0 Å². The molecule has 0 heterocycles. The Bertz CT molecular complexity index is 4220. The molecule has 0 aliphatic heterocycles. The van der Waals surface area contributed by atoms with Gasteiger partial charge in [0.1, 0.15) is 0 Å². The first kappa shape index (κ1) is 38.4. The zero-order valence-corrected chi connectivity index (χ0v) is 37.2. The van der Waals surface area contributed by atoms with Gasteiger partial charge in [0.15, 0.2) is 0 Å². The molecule has 0 atom stereocenters. The highest BCUT2D eigenvalue weighted by molar-refractivity contribution is 6.46. The highest BCUT2D eigenvalue weighted by Crippen LogP contribution is 2.53. The van der Waals surface area contributed by atoms with Crippen LogP contribution in [-0.2, 0) is 0 Å². The van der Waals surface area contributed by atoms with Crippen LogP contribution in [0.3, 0.4) is 0 Å². The molecule has 14 aromatic rings.